The average molecular weight is 200 g/mol. The molecule has 68 valence electrons. The first kappa shape index (κ1) is 9.82. The first-order valence-corrected chi connectivity index (χ1v) is 3.92. The molecule has 1 aromatic rings. The quantitative estimate of drug-likeness (QED) is 0.697. The molecule has 0 aliphatic carbocycles. The first-order chi connectivity index (χ1) is 6.11. The fourth-order valence-corrected chi connectivity index (χ4v) is 1.30. The smallest absolute Gasteiger partial charge is 0.155 e. The summed E-state index contributed by atoms with van der Waals surface area (Å²) in [5.41, 5.74) is 0.399. The molecule has 0 heterocycles. The van der Waals surface area contributed by atoms with E-state index in [1.54, 1.807) is 0 Å². The molecule has 0 atom stereocenters. The summed E-state index contributed by atoms with van der Waals surface area (Å²) >= 11 is 5.67. The van der Waals surface area contributed by atoms with E-state index in [1.807, 2.05) is 6.07 Å². The van der Waals surface area contributed by atoms with Gasteiger partial charge in [-0.2, -0.15) is 5.26 Å². The SMILES string of the molecule is COc1c(Cl)cc(F)c(C)c1C#N. The minimum Gasteiger partial charge on any atom is -0.494 e. The molecule has 2 nitrogen and oxygen atoms in total. The zero-order chi connectivity index (χ0) is 10.0. The highest BCUT2D eigenvalue weighted by atomic mass is 35.5. The molecule has 0 unspecified atom stereocenters. The number of nitriles is 1. The topological polar surface area (TPSA) is 33.0 Å². The van der Waals surface area contributed by atoms with Crippen molar-refractivity contribution in [3.05, 3.63) is 28.0 Å². The fourth-order valence-electron chi connectivity index (χ4n) is 1.03. The average Bonchev–Trinajstić information content (AvgIpc) is 2.10. The molecule has 4 heteroatoms. The number of hydrogen-bond acceptors (Lipinski definition) is 2. The molecule has 0 saturated carbocycles. The van der Waals surface area contributed by atoms with Crippen molar-refractivity contribution in [2.75, 3.05) is 7.11 Å². The highest BCUT2D eigenvalue weighted by Gasteiger charge is 2.14. The Morgan fingerprint density at radius 3 is 2.69 bits per heavy atom. The van der Waals surface area contributed by atoms with Crippen molar-refractivity contribution >= 4 is 11.6 Å². The summed E-state index contributed by atoms with van der Waals surface area (Å²) in [6.45, 7) is 1.51. The molecule has 0 radical (unpaired) electrons. The van der Waals surface area contributed by atoms with E-state index in [1.165, 1.54) is 14.0 Å². The van der Waals surface area contributed by atoms with E-state index >= 15 is 0 Å². The minimum absolute atomic E-state index is 0.113. The van der Waals surface area contributed by atoms with Gasteiger partial charge in [-0.3, -0.25) is 0 Å². The van der Waals surface area contributed by atoms with Gasteiger partial charge in [0.25, 0.3) is 0 Å². The summed E-state index contributed by atoms with van der Waals surface area (Å²) in [7, 11) is 1.39. The van der Waals surface area contributed by atoms with Gasteiger partial charge in [-0.05, 0) is 13.0 Å². The Balaban J connectivity index is 3.53. The summed E-state index contributed by atoms with van der Waals surface area (Å²) in [5, 5.41) is 8.84. The van der Waals surface area contributed by atoms with E-state index in [9.17, 15) is 4.39 Å². The fraction of sp³-hybridized carbons (Fsp3) is 0.222. The van der Waals surface area contributed by atoms with Crippen molar-refractivity contribution in [1.82, 2.24) is 0 Å². The number of ether oxygens (including phenoxy) is 1. The van der Waals surface area contributed by atoms with Crippen LogP contribution in [0.4, 0.5) is 4.39 Å². The number of rotatable bonds is 1. The van der Waals surface area contributed by atoms with Gasteiger partial charge in [-0.15, -0.1) is 0 Å². The highest BCUT2D eigenvalue weighted by molar-refractivity contribution is 6.32. The van der Waals surface area contributed by atoms with Crippen molar-refractivity contribution < 1.29 is 9.13 Å². The first-order valence-electron chi connectivity index (χ1n) is 3.54. The molecule has 0 aliphatic heterocycles. The van der Waals surface area contributed by atoms with Crippen LogP contribution in [-0.2, 0) is 0 Å². The minimum atomic E-state index is -0.498. The van der Waals surface area contributed by atoms with E-state index in [0.29, 0.717) is 0 Å². The maximum Gasteiger partial charge on any atom is 0.155 e. The Bertz CT molecular complexity index is 384. The lowest BCUT2D eigenvalue weighted by Gasteiger charge is -2.07. The van der Waals surface area contributed by atoms with E-state index in [4.69, 9.17) is 21.6 Å². The molecule has 0 fully saturated rings. The van der Waals surface area contributed by atoms with E-state index < -0.39 is 5.82 Å². The van der Waals surface area contributed by atoms with Gasteiger partial charge >= 0.3 is 0 Å². The van der Waals surface area contributed by atoms with Crippen LogP contribution in [0.2, 0.25) is 5.02 Å². The van der Waals surface area contributed by atoms with Gasteiger partial charge in [0.05, 0.1) is 12.1 Å². The molecule has 0 saturated heterocycles. The van der Waals surface area contributed by atoms with Crippen LogP contribution in [0.1, 0.15) is 11.1 Å². The van der Waals surface area contributed by atoms with Crippen LogP contribution >= 0.6 is 11.6 Å². The van der Waals surface area contributed by atoms with Gasteiger partial charge in [-0.25, -0.2) is 4.39 Å². The van der Waals surface area contributed by atoms with Gasteiger partial charge in [0.15, 0.2) is 5.75 Å². The van der Waals surface area contributed by atoms with E-state index in [-0.39, 0.29) is 21.9 Å². The van der Waals surface area contributed by atoms with Gasteiger partial charge < -0.3 is 4.74 Å². The highest BCUT2D eigenvalue weighted by Crippen LogP contribution is 2.31. The number of nitrogens with zero attached hydrogens (tertiary/aromatic N) is 1. The van der Waals surface area contributed by atoms with Crippen molar-refractivity contribution in [3.63, 3.8) is 0 Å². The molecule has 1 aromatic carbocycles. The Morgan fingerprint density at radius 2 is 2.23 bits per heavy atom. The Labute approximate surface area is 80.5 Å². The molecular formula is C9H7ClFNO. The van der Waals surface area contributed by atoms with Crippen molar-refractivity contribution in [3.8, 4) is 11.8 Å². The van der Waals surface area contributed by atoms with E-state index in [0.717, 1.165) is 6.07 Å². The van der Waals surface area contributed by atoms with E-state index in [2.05, 4.69) is 0 Å². The van der Waals surface area contributed by atoms with Crippen LogP contribution in [0.3, 0.4) is 0 Å². The van der Waals surface area contributed by atoms with Crippen LogP contribution in [0.25, 0.3) is 0 Å². The molecule has 0 spiro atoms. The summed E-state index contributed by atoms with van der Waals surface area (Å²) in [4.78, 5) is 0. The van der Waals surface area contributed by atoms with Crippen LogP contribution in [0, 0.1) is 24.1 Å². The lowest BCUT2D eigenvalue weighted by Crippen LogP contribution is -1.95. The third kappa shape index (κ3) is 1.58. The summed E-state index contributed by atoms with van der Waals surface area (Å²) in [6.07, 6.45) is 0. The zero-order valence-electron chi connectivity index (χ0n) is 7.19. The van der Waals surface area contributed by atoms with Crippen LogP contribution in [0.5, 0.6) is 5.75 Å². The number of methoxy groups -OCH3 is 1. The lowest BCUT2D eigenvalue weighted by atomic mass is 10.1. The maximum atomic E-state index is 13.1. The molecule has 13 heavy (non-hydrogen) atoms. The van der Waals surface area contributed by atoms with Gasteiger partial charge in [0.1, 0.15) is 17.4 Å². The standard InChI is InChI=1S/C9H7ClFNO/c1-5-6(4-12)9(13-2)7(10)3-8(5)11/h3H,1-2H3. The monoisotopic (exact) mass is 199 g/mol. The molecule has 0 bridgehead atoms. The molecule has 0 aromatic heterocycles. The third-order valence-electron chi connectivity index (χ3n) is 1.75. The van der Waals surface area contributed by atoms with Gasteiger partial charge in [0, 0.05) is 5.56 Å². The largest absolute Gasteiger partial charge is 0.494 e. The van der Waals surface area contributed by atoms with Gasteiger partial charge in [-0.1, -0.05) is 11.6 Å². The summed E-state index contributed by atoms with van der Waals surface area (Å²) < 4.78 is 17.9. The predicted molar refractivity (Wildman–Crippen MR) is 47.4 cm³/mol. The molecule has 1 rings (SSSR count). The van der Waals surface area contributed by atoms with Crippen molar-refractivity contribution in [2.45, 2.75) is 6.92 Å². The molecular weight excluding hydrogens is 193 g/mol. The third-order valence-corrected chi connectivity index (χ3v) is 2.03. The predicted octanol–water partition coefficient (Wildman–Crippen LogP) is 2.67. The second kappa shape index (κ2) is 3.63. The second-order valence-electron chi connectivity index (χ2n) is 2.49. The van der Waals surface area contributed by atoms with Crippen molar-refractivity contribution in [1.29, 1.82) is 5.26 Å². The Hall–Kier alpha value is -1.27. The summed E-state index contributed by atoms with van der Waals surface area (Å²) in [6, 6.07) is 2.98. The Morgan fingerprint density at radius 1 is 1.62 bits per heavy atom. The number of hydrogen-bond donors (Lipinski definition) is 0. The van der Waals surface area contributed by atoms with Gasteiger partial charge in [0.2, 0.25) is 0 Å². The zero-order valence-corrected chi connectivity index (χ0v) is 7.94. The summed E-state index contributed by atoms with van der Waals surface area (Å²) in [5.74, 6) is -0.273. The normalized spacial score (nSPS) is 9.46. The molecule has 0 amide bonds. The molecule has 0 aliphatic rings. The van der Waals surface area contributed by atoms with Crippen LogP contribution in [0.15, 0.2) is 6.07 Å². The number of benzene rings is 1. The van der Waals surface area contributed by atoms with Crippen molar-refractivity contribution in [2.24, 2.45) is 0 Å². The van der Waals surface area contributed by atoms with Crippen LogP contribution < -0.4 is 4.74 Å². The Kier molecular flexibility index (Phi) is 2.74. The second-order valence-corrected chi connectivity index (χ2v) is 2.89. The molecule has 0 N–H and O–H groups in total. The van der Waals surface area contributed by atoms with Crippen LogP contribution in [-0.4, -0.2) is 7.11 Å². The maximum absolute atomic E-state index is 13.1. The number of halogens is 2. The lowest BCUT2D eigenvalue weighted by molar-refractivity contribution is 0.412.